The lowest BCUT2D eigenvalue weighted by atomic mass is 10.1. The third-order valence-electron chi connectivity index (χ3n) is 6.82. The molecule has 4 aromatic rings. The summed E-state index contributed by atoms with van der Waals surface area (Å²) >= 11 is 0. The Morgan fingerprint density at radius 1 is 1.02 bits per heavy atom. The number of rotatable bonds is 8. The first-order valence-electron chi connectivity index (χ1n) is 12.2. The molecule has 22 heteroatoms. The Bertz CT molecular complexity index is 1730. The number of nitrogens with one attached hydrogen (secondary N) is 1. The molecule has 42 heavy (non-hydrogen) atoms. The average Bonchev–Trinajstić information content (AvgIpc) is 3.69. The number of phosphoric acid groups is 1. The van der Waals surface area contributed by atoms with Gasteiger partial charge in [-0.05, 0) is 0 Å². The molecule has 2 aliphatic rings. The molecule has 0 aromatic carbocycles. The van der Waals surface area contributed by atoms with Crippen LogP contribution < -0.4 is 17.0 Å². The molecular weight excluding hydrogens is 590 g/mol. The minimum Gasteiger partial charge on any atom is -0.394 e. The van der Waals surface area contributed by atoms with Gasteiger partial charge in [0.05, 0.1) is 25.9 Å². The molecule has 9 atom stereocenters. The van der Waals surface area contributed by atoms with E-state index in [9.17, 15) is 29.6 Å². The summed E-state index contributed by atoms with van der Waals surface area (Å²) in [4.78, 5) is 44.7. The number of nitrogens with zero attached hydrogens (tertiary/aromatic N) is 7. The standard InChI is InChI=1S/C20H24FN10O10P/c21-8-6(1-32)39-19(31-5-27-10-16(31)28-20(23)29-17(10)35)13(8)41-42(36,37)38-2-7-11(33)12(34)18(40-7)30-4-26-9-14(22)24-3-25-15(9)30/h3-8,11-13,18-19,32-34H,1-2H2,(H,36,37)(H2,22,24,25)(H3,23,28,29,35)/t6-,7-,8?,11?,12?,13?,18-,19-/m1/s1. The molecule has 5 unspecified atom stereocenters. The Balaban J connectivity index is 1.19. The topological polar surface area (TPSA) is 294 Å². The first kappa shape index (κ1) is 28.5. The number of nitrogen functional groups attached to an aromatic ring is 2. The number of imidazole rings is 2. The molecule has 2 saturated heterocycles. The lowest BCUT2D eigenvalue weighted by Crippen LogP contribution is -2.34. The highest BCUT2D eigenvalue weighted by Crippen LogP contribution is 2.50. The van der Waals surface area contributed by atoms with Gasteiger partial charge in [-0.1, -0.05) is 0 Å². The summed E-state index contributed by atoms with van der Waals surface area (Å²) in [6.07, 6.45) is -9.30. The summed E-state index contributed by atoms with van der Waals surface area (Å²) in [6, 6.07) is 0. The number of aromatic nitrogens is 8. The van der Waals surface area contributed by atoms with Crippen molar-refractivity contribution in [3.63, 3.8) is 0 Å². The molecule has 6 heterocycles. The largest absolute Gasteiger partial charge is 0.472 e. The van der Waals surface area contributed by atoms with E-state index in [-0.39, 0.29) is 34.1 Å². The zero-order chi connectivity index (χ0) is 29.9. The molecule has 0 radical (unpaired) electrons. The van der Waals surface area contributed by atoms with Crippen molar-refractivity contribution in [1.82, 2.24) is 39.0 Å². The van der Waals surface area contributed by atoms with Gasteiger partial charge in [0.2, 0.25) is 5.95 Å². The Labute approximate surface area is 232 Å². The summed E-state index contributed by atoms with van der Waals surface area (Å²) in [5.74, 6) is -0.213. The maximum Gasteiger partial charge on any atom is 0.472 e. The number of phosphoric ester groups is 1. The predicted octanol–water partition coefficient (Wildman–Crippen LogP) is -2.53. The van der Waals surface area contributed by atoms with Crippen LogP contribution in [-0.2, 0) is 23.1 Å². The Kier molecular flexibility index (Phi) is 7.15. The van der Waals surface area contributed by atoms with E-state index in [1.165, 1.54) is 17.2 Å². The molecule has 9 N–H and O–H groups in total. The average molecular weight is 614 g/mol. The van der Waals surface area contributed by atoms with Gasteiger partial charge in [-0.25, -0.2) is 28.9 Å². The fourth-order valence-electron chi connectivity index (χ4n) is 4.81. The second-order valence-electron chi connectivity index (χ2n) is 9.43. The van der Waals surface area contributed by atoms with Crippen LogP contribution in [-0.4, -0.2) is 109 Å². The number of alkyl halides is 1. The van der Waals surface area contributed by atoms with Crippen molar-refractivity contribution < 1.29 is 47.7 Å². The van der Waals surface area contributed by atoms with E-state index in [0.29, 0.717) is 0 Å². The van der Waals surface area contributed by atoms with E-state index in [4.69, 9.17) is 30.0 Å². The smallest absolute Gasteiger partial charge is 0.394 e. The number of nitrogens with two attached hydrogens (primary N) is 2. The molecule has 0 aliphatic carbocycles. The van der Waals surface area contributed by atoms with Crippen LogP contribution in [0, 0.1) is 0 Å². The van der Waals surface area contributed by atoms with Gasteiger partial charge in [0, 0.05) is 0 Å². The van der Waals surface area contributed by atoms with Gasteiger partial charge in [0.25, 0.3) is 5.56 Å². The van der Waals surface area contributed by atoms with Crippen molar-refractivity contribution in [3.05, 3.63) is 29.3 Å². The highest BCUT2D eigenvalue weighted by atomic mass is 31.2. The van der Waals surface area contributed by atoms with Crippen molar-refractivity contribution in [1.29, 1.82) is 0 Å². The number of hydrogen-bond acceptors (Lipinski definition) is 16. The Hall–Kier alpha value is -3.66. The van der Waals surface area contributed by atoms with Gasteiger partial charge < -0.3 is 41.2 Å². The minimum atomic E-state index is -5.14. The highest BCUT2D eigenvalue weighted by Gasteiger charge is 2.51. The normalized spacial score (nSPS) is 31.3. The maximum absolute atomic E-state index is 15.2. The number of H-pyrrole nitrogens is 1. The summed E-state index contributed by atoms with van der Waals surface area (Å²) in [7, 11) is -5.14. The number of anilines is 2. The molecular formula is C20H24FN10O10P. The lowest BCUT2D eigenvalue weighted by molar-refractivity contribution is -0.0615. The van der Waals surface area contributed by atoms with Crippen LogP contribution in [0.1, 0.15) is 12.5 Å². The number of aliphatic hydroxyl groups is 3. The van der Waals surface area contributed by atoms with Crippen molar-refractivity contribution in [2.45, 2.75) is 49.1 Å². The van der Waals surface area contributed by atoms with E-state index in [0.717, 1.165) is 10.9 Å². The van der Waals surface area contributed by atoms with Crippen molar-refractivity contribution in [2.24, 2.45) is 0 Å². The second kappa shape index (κ2) is 10.6. The number of halogens is 1. The summed E-state index contributed by atoms with van der Waals surface area (Å²) in [6.45, 7) is -1.61. The zero-order valence-corrected chi connectivity index (χ0v) is 22.0. The number of ether oxygens (including phenoxy) is 2. The van der Waals surface area contributed by atoms with Crippen LogP contribution in [0.5, 0.6) is 0 Å². The van der Waals surface area contributed by atoms with Crippen molar-refractivity contribution in [3.8, 4) is 0 Å². The molecule has 20 nitrogen and oxygen atoms in total. The minimum absolute atomic E-state index is 0.0728. The summed E-state index contributed by atoms with van der Waals surface area (Å²) in [5, 5.41) is 30.7. The van der Waals surface area contributed by atoms with Gasteiger partial charge in [-0.3, -0.25) is 28.0 Å². The van der Waals surface area contributed by atoms with Crippen LogP contribution >= 0.6 is 7.82 Å². The highest BCUT2D eigenvalue weighted by molar-refractivity contribution is 7.47. The van der Waals surface area contributed by atoms with Crippen molar-refractivity contribution in [2.75, 3.05) is 24.7 Å². The van der Waals surface area contributed by atoms with Gasteiger partial charge in [0.15, 0.2) is 41.3 Å². The third-order valence-corrected chi connectivity index (χ3v) is 7.81. The number of aromatic amines is 1. The van der Waals surface area contributed by atoms with E-state index in [2.05, 4.69) is 29.9 Å². The molecule has 0 spiro atoms. The van der Waals surface area contributed by atoms with Gasteiger partial charge >= 0.3 is 7.82 Å². The third kappa shape index (κ3) is 4.79. The fourth-order valence-corrected chi connectivity index (χ4v) is 5.74. The molecule has 4 aromatic heterocycles. The number of aliphatic hydroxyl groups excluding tert-OH is 3. The van der Waals surface area contributed by atoms with Gasteiger partial charge in [-0.2, -0.15) is 4.98 Å². The van der Waals surface area contributed by atoms with Gasteiger partial charge in [-0.15, -0.1) is 0 Å². The molecule has 0 bridgehead atoms. The van der Waals surface area contributed by atoms with E-state index in [1.807, 2.05) is 0 Å². The first-order valence-corrected chi connectivity index (χ1v) is 13.7. The monoisotopic (exact) mass is 614 g/mol. The van der Waals surface area contributed by atoms with Crippen LogP contribution in [0.25, 0.3) is 22.3 Å². The molecule has 226 valence electrons. The van der Waals surface area contributed by atoms with E-state index >= 15 is 4.39 Å². The van der Waals surface area contributed by atoms with Gasteiger partial charge in [0.1, 0.15) is 42.4 Å². The number of hydrogen-bond donors (Lipinski definition) is 7. The molecule has 6 rings (SSSR count). The predicted molar refractivity (Wildman–Crippen MR) is 135 cm³/mol. The van der Waals surface area contributed by atoms with Crippen LogP contribution in [0.3, 0.4) is 0 Å². The van der Waals surface area contributed by atoms with E-state index in [1.54, 1.807) is 0 Å². The Morgan fingerprint density at radius 3 is 2.45 bits per heavy atom. The molecule has 0 amide bonds. The van der Waals surface area contributed by atoms with Crippen molar-refractivity contribution >= 4 is 41.9 Å². The first-order chi connectivity index (χ1) is 20.0. The molecule has 0 saturated carbocycles. The summed E-state index contributed by atoms with van der Waals surface area (Å²) < 4.78 is 51.8. The van der Waals surface area contributed by atoms with Crippen LogP contribution in [0.2, 0.25) is 0 Å². The van der Waals surface area contributed by atoms with E-state index < -0.39 is 75.7 Å². The van der Waals surface area contributed by atoms with Crippen LogP contribution in [0.4, 0.5) is 16.2 Å². The lowest BCUT2D eigenvalue weighted by Gasteiger charge is -2.24. The SMILES string of the molecule is Nc1nc2c(ncn2[C@@H]2O[C@H](CO)C(F)C2OP(=O)(O)OC[C@H]2O[C@@H](n3cnc4c(N)ncnc43)C(O)C2O)c(=O)[nH]1. The molecule has 2 fully saturated rings. The Morgan fingerprint density at radius 2 is 1.71 bits per heavy atom. The number of fused-ring (bicyclic) bond motifs is 2. The summed E-state index contributed by atoms with van der Waals surface area (Å²) in [5.41, 5.74) is 10.8. The second-order valence-corrected chi connectivity index (χ2v) is 10.8. The van der Waals surface area contributed by atoms with Crippen LogP contribution in [0.15, 0.2) is 23.8 Å². The fraction of sp³-hybridized carbons (Fsp3) is 0.500. The quantitative estimate of drug-likeness (QED) is 0.101. The zero-order valence-electron chi connectivity index (χ0n) is 21.1. The maximum atomic E-state index is 15.2. The molecule has 2 aliphatic heterocycles.